The van der Waals surface area contributed by atoms with Crippen molar-refractivity contribution in [3.05, 3.63) is 12.7 Å². The van der Waals surface area contributed by atoms with Gasteiger partial charge in [-0.1, -0.05) is 27.4 Å². The fourth-order valence-corrected chi connectivity index (χ4v) is 0.636. The van der Waals surface area contributed by atoms with E-state index in [2.05, 4.69) is 27.4 Å². The first-order chi connectivity index (χ1) is 4.57. The van der Waals surface area contributed by atoms with Crippen LogP contribution in [0.4, 0.5) is 0 Å². The van der Waals surface area contributed by atoms with E-state index in [4.69, 9.17) is 0 Å². The molecule has 0 aliphatic carbocycles. The lowest BCUT2D eigenvalue weighted by Gasteiger charge is -2.12. The summed E-state index contributed by atoms with van der Waals surface area (Å²) in [5.41, 5.74) is 0. The average Bonchev–Trinajstić information content (AvgIpc) is 1.87. The maximum Gasteiger partial charge on any atom is 0.155 e. The van der Waals surface area contributed by atoms with Gasteiger partial charge in [-0.05, 0) is 17.9 Å². The Hall–Kier alpha value is -0.590. The van der Waals surface area contributed by atoms with Gasteiger partial charge in [0.2, 0.25) is 0 Å². The van der Waals surface area contributed by atoms with Gasteiger partial charge in [0.25, 0.3) is 0 Å². The van der Waals surface area contributed by atoms with E-state index < -0.39 is 0 Å². The van der Waals surface area contributed by atoms with E-state index in [-0.39, 0.29) is 5.78 Å². The van der Waals surface area contributed by atoms with Gasteiger partial charge in [-0.25, -0.2) is 0 Å². The zero-order chi connectivity index (χ0) is 8.15. The summed E-state index contributed by atoms with van der Waals surface area (Å²) in [4.78, 5) is 10.8. The summed E-state index contributed by atoms with van der Waals surface area (Å²) in [6.45, 7) is 9.76. The highest BCUT2D eigenvalue weighted by Gasteiger charge is 2.09. The number of allylic oxidation sites excluding steroid dienone is 1. The Bertz CT molecular complexity index is 125. The molecule has 10 heavy (non-hydrogen) atoms. The van der Waals surface area contributed by atoms with Crippen LogP contribution in [0.3, 0.4) is 0 Å². The number of hydrogen-bond donors (Lipinski definition) is 0. The number of ketones is 1. The molecule has 0 fully saturated rings. The van der Waals surface area contributed by atoms with E-state index >= 15 is 0 Å². The van der Waals surface area contributed by atoms with Gasteiger partial charge in [0.15, 0.2) is 5.78 Å². The monoisotopic (exact) mass is 140 g/mol. The summed E-state index contributed by atoms with van der Waals surface area (Å²) in [7, 11) is 0. The molecule has 58 valence electrons. The van der Waals surface area contributed by atoms with Gasteiger partial charge >= 0.3 is 0 Å². The molecule has 0 aliphatic rings. The minimum absolute atomic E-state index is 0.154. The van der Waals surface area contributed by atoms with E-state index in [1.54, 1.807) is 0 Å². The third-order valence-corrected chi connectivity index (χ3v) is 1.89. The molecule has 0 aromatic rings. The molecule has 0 radical (unpaired) electrons. The lowest BCUT2D eigenvalue weighted by atomic mass is 9.93. The molecule has 0 N–H and O–H groups in total. The minimum Gasteiger partial charge on any atom is -0.295 e. The fraction of sp³-hybridized carbons (Fsp3) is 0.667. The van der Waals surface area contributed by atoms with Crippen molar-refractivity contribution in [1.29, 1.82) is 0 Å². The second-order valence-electron chi connectivity index (χ2n) is 3.10. The Labute approximate surface area is 63.1 Å². The summed E-state index contributed by atoms with van der Waals surface area (Å²) in [6, 6.07) is 0. The number of hydrogen-bond acceptors (Lipinski definition) is 1. The van der Waals surface area contributed by atoms with Crippen LogP contribution in [0.2, 0.25) is 0 Å². The lowest BCUT2D eigenvalue weighted by molar-refractivity contribution is -0.115. The Morgan fingerprint density at radius 3 is 2.30 bits per heavy atom. The van der Waals surface area contributed by atoms with Crippen LogP contribution in [0, 0.1) is 11.8 Å². The molecule has 0 spiro atoms. The predicted octanol–water partition coefficient (Wildman–Crippen LogP) is 2.42. The highest BCUT2D eigenvalue weighted by molar-refractivity contribution is 5.89. The molecule has 0 saturated carbocycles. The Kier molecular flexibility index (Phi) is 4.01. The SMILES string of the molecule is C=CC(=O)CC(C)C(C)C. The number of rotatable bonds is 4. The zero-order valence-electron chi connectivity index (χ0n) is 7.05. The normalized spacial score (nSPS) is 13.2. The van der Waals surface area contributed by atoms with E-state index in [9.17, 15) is 4.79 Å². The Balaban J connectivity index is 3.67. The van der Waals surface area contributed by atoms with Gasteiger partial charge in [-0.2, -0.15) is 0 Å². The largest absolute Gasteiger partial charge is 0.295 e. The molecule has 0 bridgehead atoms. The lowest BCUT2D eigenvalue weighted by Crippen LogP contribution is -2.08. The molecule has 1 atom stereocenters. The molecule has 0 amide bonds. The molecule has 1 nitrogen and oxygen atoms in total. The zero-order valence-corrected chi connectivity index (χ0v) is 7.05. The summed E-state index contributed by atoms with van der Waals surface area (Å²) in [5.74, 6) is 1.22. The van der Waals surface area contributed by atoms with Crippen molar-refractivity contribution in [3.8, 4) is 0 Å². The molecule has 1 heteroatoms. The molecular weight excluding hydrogens is 124 g/mol. The van der Waals surface area contributed by atoms with E-state index in [1.807, 2.05) is 0 Å². The molecule has 0 aromatic heterocycles. The fourth-order valence-electron chi connectivity index (χ4n) is 0.636. The molecule has 0 heterocycles. The number of carbonyl (C=O) groups excluding carboxylic acids is 1. The van der Waals surface area contributed by atoms with Crippen molar-refractivity contribution in [3.63, 3.8) is 0 Å². The number of carbonyl (C=O) groups is 1. The van der Waals surface area contributed by atoms with Crippen LogP contribution in [0.15, 0.2) is 12.7 Å². The molecule has 0 aromatic carbocycles. The van der Waals surface area contributed by atoms with Crippen LogP contribution in [-0.2, 0) is 4.79 Å². The highest BCUT2D eigenvalue weighted by atomic mass is 16.1. The molecule has 0 aliphatic heterocycles. The van der Waals surface area contributed by atoms with Gasteiger partial charge < -0.3 is 0 Å². The summed E-state index contributed by atoms with van der Waals surface area (Å²) in [5, 5.41) is 0. The van der Waals surface area contributed by atoms with E-state index in [0.29, 0.717) is 18.3 Å². The highest BCUT2D eigenvalue weighted by Crippen LogP contribution is 2.13. The quantitative estimate of drug-likeness (QED) is 0.548. The van der Waals surface area contributed by atoms with Crippen molar-refractivity contribution in [2.75, 3.05) is 0 Å². The van der Waals surface area contributed by atoms with Gasteiger partial charge in [0, 0.05) is 6.42 Å². The van der Waals surface area contributed by atoms with Gasteiger partial charge in [-0.3, -0.25) is 4.79 Å². The molecule has 1 unspecified atom stereocenters. The van der Waals surface area contributed by atoms with Crippen molar-refractivity contribution in [2.45, 2.75) is 27.2 Å². The van der Waals surface area contributed by atoms with Crippen LogP contribution in [-0.4, -0.2) is 5.78 Å². The van der Waals surface area contributed by atoms with Crippen LogP contribution < -0.4 is 0 Å². The molecular formula is C9H16O. The Morgan fingerprint density at radius 1 is 1.50 bits per heavy atom. The Morgan fingerprint density at radius 2 is 2.00 bits per heavy atom. The second-order valence-corrected chi connectivity index (χ2v) is 3.10. The summed E-state index contributed by atoms with van der Waals surface area (Å²) in [6.07, 6.45) is 2.04. The first-order valence-corrected chi connectivity index (χ1v) is 3.73. The average molecular weight is 140 g/mol. The van der Waals surface area contributed by atoms with Gasteiger partial charge in [-0.15, -0.1) is 0 Å². The van der Waals surface area contributed by atoms with E-state index in [0.717, 1.165) is 0 Å². The maximum atomic E-state index is 10.8. The van der Waals surface area contributed by atoms with Crippen molar-refractivity contribution in [1.82, 2.24) is 0 Å². The first-order valence-electron chi connectivity index (χ1n) is 3.73. The minimum atomic E-state index is 0.154. The van der Waals surface area contributed by atoms with Crippen molar-refractivity contribution < 1.29 is 4.79 Å². The molecule has 0 rings (SSSR count). The van der Waals surface area contributed by atoms with Crippen LogP contribution in [0.5, 0.6) is 0 Å². The standard InChI is InChI=1S/C9H16O/c1-5-9(10)6-8(4)7(2)3/h5,7-8H,1,6H2,2-4H3. The van der Waals surface area contributed by atoms with Gasteiger partial charge in [0.1, 0.15) is 0 Å². The van der Waals surface area contributed by atoms with Gasteiger partial charge in [0.05, 0.1) is 0 Å². The third-order valence-electron chi connectivity index (χ3n) is 1.89. The summed E-state index contributed by atoms with van der Waals surface area (Å²) >= 11 is 0. The van der Waals surface area contributed by atoms with Crippen LogP contribution in [0.25, 0.3) is 0 Å². The topological polar surface area (TPSA) is 17.1 Å². The smallest absolute Gasteiger partial charge is 0.155 e. The van der Waals surface area contributed by atoms with E-state index in [1.165, 1.54) is 6.08 Å². The van der Waals surface area contributed by atoms with Crippen LogP contribution in [0.1, 0.15) is 27.2 Å². The first kappa shape index (κ1) is 9.41. The van der Waals surface area contributed by atoms with Crippen LogP contribution >= 0.6 is 0 Å². The third kappa shape index (κ3) is 3.44. The van der Waals surface area contributed by atoms with Crippen molar-refractivity contribution >= 4 is 5.78 Å². The molecule has 0 saturated heterocycles. The van der Waals surface area contributed by atoms with Crippen molar-refractivity contribution in [2.24, 2.45) is 11.8 Å². The second kappa shape index (κ2) is 4.26. The summed E-state index contributed by atoms with van der Waals surface area (Å²) < 4.78 is 0. The maximum absolute atomic E-state index is 10.8. The predicted molar refractivity (Wildman–Crippen MR) is 43.8 cm³/mol.